The predicted octanol–water partition coefficient (Wildman–Crippen LogP) is 5.39. The molecule has 35 heteroatoms. The second-order valence-corrected chi connectivity index (χ2v) is 25.4. The van der Waals surface area contributed by atoms with Crippen molar-refractivity contribution >= 4 is 71.6 Å². The van der Waals surface area contributed by atoms with Gasteiger partial charge in [-0.2, -0.15) is 0 Å². The number of aliphatic hydroxyl groups excluding tert-OH is 1. The van der Waals surface area contributed by atoms with E-state index >= 15 is 0 Å². The molecule has 5 aromatic heterocycles. The van der Waals surface area contributed by atoms with E-state index < -0.39 is 33.8 Å². The van der Waals surface area contributed by atoms with E-state index in [0.717, 1.165) is 112 Å². The van der Waals surface area contributed by atoms with E-state index in [1.54, 1.807) is 43.5 Å². The first-order valence-electron chi connectivity index (χ1n) is 33.8. The van der Waals surface area contributed by atoms with Crippen LogP contribution >= 0.6 is 0 Å². The molecule has 0 amide bonds. The van der Waals surface area contributed by atoms with Crippen molar-refractivity contribution in [1.29, 1.82) is 0 Å². The molecule has 530 valence electrons. The molecule has 0 bridgehead atoms. The zero-order chi connectivity index (χ0) is 69.7. The Labute approximate surface area is 570 Å². The summed E-state index contributed by atoms with van der Waals surface area (Å²) >= 11 is 0. The fourth-order valence-electron chi connectivity index (χ4n) is 12.1. The van der Waals surface area contributed by atoms with Crippen LogP contribution in [0.5, 0.6) is 0 Å². The van der Waals surface area contributed by atoms with Gasteiger partial charge in [0.05, 0.1) is 105 Å². The third-order valence-corrected chi connectivity index (χ3v) is 18.0. The van der Waals surface area contributed by atoms with Crippen molar-refractivity contribution in [1.82, 2.24) is 34.5 Å². The summed E-state index contributed by atoms with van der Waals surface area (Å²) in [6.45, 7) is 18.0. The summed E-state index contributed by atoms with van der Waals surface area (Å²) in [5.74, 6) is 0.933. The third kappa shape index (κ3) is 23.0. The number of aliphatic hydroxyl groups is 1. The van der Waals surface area contributed by atoms with Crippen LogP contribution in [0.15, 0.2) is 91.6 Å². The topological polar surface area (TPSA) is 393 Å². The lowest BCUT2D eigenvalue weighted by Gasteiger charge is -2.37. The van der Waals surface area contributed by atoms with Crippen LogP contribution in [-0.2, 0) is 23.7 Å². The monoisotopic (exact) mass is 1360 g/mol. The number of hydrogen-bond donors (Lipinski definition) is 4. The maximum Gasteiger partial charge on any atom is 0.376 e. The van der Waals surface area contributed by atoms with Crippen molar-refractivity contribution in [2.45, 2.75) is 121 Å². The molecule has 5 N–H and O–H groups in total. The number of nitro groups is 4. The maximum absolute atomic E-state index is 10.7. The molecule has 8 fully saturated rings. The van der Waals surface area contributed by atoms with Gasteiger partial charge < -0.3 is 119 Å². The molecule has 5 aliphatic heterocycles. The van der Waals surface area contributed by atoms with Gasteiger partial charge in [0.15, 0.2) is 24.8 Å². The Morgan fingerprint density at radius 1 is 0.459 bits per heavy atom. The van der Waals surface area contributed by atoms with E-state index in [1.807, 2.05) is 30.1 Å². The fourth-order valence-corrected chi connectivity index (χ4v) is 12.1. The second-order valence-electron chi connectivity index (χ2n) is 25.4. The van der Waals surface area contributed by atoms with E-state index in [2.05, 4.69) is 61.1 Å². The van der Waals surface area contributed by atoms with Gasteiger partial charge in [-0.3, -0.25) is 0 Å². The molecule has 5 atom stereocenters. The average Bonchev–Trinajstić information content (AvgIpc) is 1.77. The van der Waals surface area contributed by atoms with Crippen molar-refractivity contribution in [2.75, 3.05) is 148 Å². The Bertz CT molecular complexity index is 3200. The van der Waals surface area contributed by atoms with Crippen molar-refractivity contribution in [3.05, 3.63) is 132 Å². The Balaban J connectivity index is 0.000000144. The molecule has 10 heterocycles. The van der Waals surface area contributed by atoms with Gasteiger partial charge in [0.2, 0.25) is 0 Å². The summed E-state index contributed by atoms with van der Waals surface area (Å²) in [6.07, 6.45) is 19.1. The Morgan fingerprint density at radius 2 is 0.765 bits per heavy atom. The van der Waals surface area contributed by atoms with Crippen LogP contribution in [0, 0.1) is 46.4 Å². The molecule has 13 rings (SSSR count). The van der Waals surface area contributed by atoms with E-state index in [4.69, 9.17) is 34.5 Å². The number of nitrogens with two attached hydrogens (primary N) is 1. The molecule has 0 radical (unpaired) electrons. The minimum absolute atomic E-state index is 0.00846. The summed E-state index contributed by atoms with van der Waals surface area (Å²) in [7, 11) is -0.878. The van der Waals surface area contributed by atoms with E-state index in [1.165, 1.54) is 68.8 Å². The number of rotatable bonds is 22. The first kappa shape index (κ1) is 74.1. The number of aromatic nitrogens is 5. The minimum Gasteiger partial charge on any atom is -0.437 e. The van der Waals surface area contributed by atoms with Crippen LogP contribution in [0.4, 0.5) is 57.5 Å². The zero-order valence-corrected chi connectivity index (χ0v) is 55.9. The quantitative estimate of drug-likeness (QED) is 0.0383. The van der Waals surface area contributed by atoms with E-state index in [0.29, 0.717) is 77.1 Å². The van der Waals surface area contributed by atoms with Crippen LogP contribution in [-0.4, -0.2) is 244 Å². The van der Waals surface area contributed by atoms with Gasteiger partial charge in [-0.1, -0.05) is 19.8 Å². The molecule has 98 heavy (non-hydrogen) atoms. The van der Waals surface area contributed by atoms with Crippen LogP contribution in [0.2, 0.25) is 13.6 Å². The second kappa shape index (κ2) is 36.6. The zero-order valence-electron chi connectivity index (χ0n) is 55.9. The summed E-state index contributed by atoms with van der Waals surface area (Å²) in [5.41, 5.74) is 10.2. The van der Waals surface area contributed by atoms with Crippen LogP contribution in [0.25, 0.3) is 0 Å². The number of hydrogen-bond acceptors (Lipinski definition) is 29. The Morgan fingerprint density at radius 3 is 1.05 bits per heavy atom. The van der Waals surface area contributed by atoms with Gasteiger partial charge in [0, 0.05) is 115 Å². The number of ether oxygens (including phenoxy) is 5. The van der Waals surface area contributed by atoms with E-state index in [-0.39, 0.29) is 60.4 Å². The lowest BCUT2D eigenvalue weighted by Crippen LogP contribution is -2.51. The number of nitrogen functional groups attached to an aromatic ring is 1. The third-order valence-electron chi connectivity index (χ3n) is 18.0. The summed E-state index contributed by atoms with van der Waals surface area (Å²) in [4.78, 5) is 74.7. The van der Waals surface area contributed by atoms with Gasteiger partial charge in [-0.05, 0) is 141 Å². The highest BCUT2D eigenvalue weighted by Crippen LogP contribution is 2.35. The molecular formula is C63H91B2N17O16. The summed E-state index contributed by atoms with van der Waals surface area (Å²) in [6, 6.07) is 17.4. The molecule has 33 nitrogen and oxygen atoms in total. The lowest BCUT2D eigenvalue weighted by molar-refractivity contribution is -0.389. The summed E-state index contributed by atoms with van der Waals surface area (Å²) < 4.78 is 28.4. The lowest BCUT2D eigenvalue weighted by atomic mass is 9.84. The molecule has 3 aliphatic carbocycles. The molecule has 8 aliphatic rings. The molecule has 0 spiro atoms. The van der Waals surface area contributed by atoms with Crippen molar-refractivity contribution < 1.29 is 58.5 Å². The highest BCUT2D eigenvalue weighted by atomic mass is 16.6. The molecule has 0 aromatic carbocycles. The highest BCUT2D eigenvalue weighted by molar-refractivity contribution is 6.45. The van der Waals surface area contributed by atoms with Crippen LogP contribution in [0.3, 0.4) is 0 Å². The fraction of sp³-hybridized carbons (Fsp3) is 0.603. The Hall–Kier alpha value is -8.12. The van der Waals surface area contributed by atoms with E-state index in [9.17, 15) is 50.5 Å². The minimum atomic E-state index is -0.528. The number of pyridine rings is 5. The summed E-state index contributed by atoms with van der Waals surface area (Å²) in [5, 5.41) is 71.1. The number of nitrogens with zero attached hydrogens (tertiary/aromatic N) is 16. The van der Waals surface area contributed by atoms with Crippen molar-refractivity contribution in [3.8, 4) is 0 Å². The van der Waals surface area contributed by atoms with Gasteiger partial charge in [0.25, 0.3) is 0 Å². The standard InChI is InChI=1S/C14H21BN4O4.C14H23BN4O2.C14H19N3O3.C11H15N3O3.C10H13N3O4/c1-15(20)18(11-2-3-11)10-13-9-17(6-7-23-13)12-4-5-14(16-8-12)19(21)22;1-15(20)19(11-2-3-11)10-13-9-18(6-7-21-13)12-4-5-14(16)17-8-12;18-17(19)14-6-4-12(9-15-14)16-7-8-20-13(10-16)5-3-11-1-2-11;1-2-10-8-13(5-6-17-10)9-3-4-11(12-7-9)14(15)16;14-7-9-6-12(3-4-17-9)8-1-2-10(11-5-8)13(15)16/h4-5,8,11,13,20H,2-3,6-7,9-10H2,1H3;4-5,8,11,13,20H,2-3,6-7,9-10H2,1H3,(H2,16,17);4,6,9,11,13H,1-3,5,7-8,10H2;3-4,7,10H,2,5-6,8H2,1H3;1-2,5,9,14H,3-4,6-7H2/t3*13-;10-;9-/m00110/s1. The first-order chi connectivity index (χ1) is 47.3. The van der Waals surface area contributed by atoms with Gasteiger partial charge >= 0.3 is 37.4 Å². The molecule has 0 unspecified atom stereocenters. The highest BCUT2D eigenvalue weighted by Gasteiger charge is 2.38. The van der Waals surface area contributed by atoms with Crippen molar-refractivity contribution in [2.24, 2.45) is 5.92 Å². The Kier molecular flexibility index (Phi) is 27.7. The molecular weight excluding hydrogens is 1270 g/mol. The molecule has 5 aromatic rings. The largest absolute Gasteiger partial charge is 0.437 e. The van der Waals surface area contributed by atoms with Gasteiger partial charge in [-0.15, -0.1) is 0 Å². The van der Waals surface area contributed by atoms with Crippen LogP contribution < -0.4 is 30.2 Å². The molecule has 5 saturated heterocycles. The maximum atomic E-state index is 10.7. The smallest absolute Gasteiger partial charge is 0.376 e. The molecule has 3 saturated carbocycles. The predicted molar refractivity (Wildman–Crippen MR) is 368 cm³/mol. The normalized spacial score (nSPS) is 21.6. The SMILES string of the molecule is CB(O)N(C[C@@H]1CN(c2ccc(N)nc2)CCO1)C1CC1.CB(O)N(C[C@@H]1CN(c2ccc([N+](=O)[O-])nc2)CCO1)C1CC1.CC[C@@H]1CN(c2ccc([N+](=O)[O-])nc2)CCO1.O=[N+]([O-])c1ccc(N2CCO[C@H](CCC3CC3)C2)cn1.O=[N+]([O-])c1ccc(N2CCO[C@H](CO)C2)cn1. The van der Waals surface area contributed by atoms with Crippen molar-refractivity contribution in [3.63, 3.8) is 0 Å². The number of morpholine rings is 5. The van der Waals surface area contributed by atoms with Gasteiger partial charge in [-0.25, -0.2) is 4.98 Å². The van der Waals surface area contributed by atoms with Gasteiger partial charge in [0.1, 0.15) is 5.82 Å². The first-order valence-corrected chi connectivity index (χ1v) is 33.8. The average molecular weight is 1360 g/mol. The van der Waals surface area contributed by atoms with Crippen LogP contribution in [0.1, 0.15) is 64.7 Å². The number of anilines is 6.